The molecule has 2 amide bonds. The van der Waals surface area contributed by atoms with Crippen molar-refractivity contribution in [2.24, 2.45) is 11.0 Å². The van der Waals surface area contributed by atoms with E-state index in [0.29, 0.717) is 36.9 Å². The molecule has 3 aliphatic rings. The normalized spacial score (nSPS) is 26.5. The summed E-state index contributed by atoms with van der Waals surface area (Å²) in [7, 11) is 0. The molecule has 2 atom stereocenters. The van der Waals surface area contributed by atoms with Crippen LogP contribution in [-0.2, 0) is 16.1 Å². The molecule has 0 radical (unpaired) electrons. The van der Waals surface area contributed by atoms with E-state index in [0.717, 1.165) is 24.4 Å². The van der Waals surface area contributed by atoms with Gasteiger partial charge in [0.2, 0.25) is 5.91 Å². The first kappa shape index (κ1) is 14.5. The van der Waals surface area contributed by atoms with Gasteiger partial charge in [-0.2, -0.15) is 5.10 Å². The molecule has 2 fully saturated rings. The summed E-state index contributed by atoms with van der Waals surface area (Å²) in [4.78, 5) is 25.7. The minimum atomic E-state index is -0.131. The van der Waals surface area contributed by atoms with Gasteiger partial charge in [-0.3, -0.25) is 9.59 Å². The molecule has 2 heterocycles. The van der Waals surface area contributed by atoms with Gasteiger partial charge in [-0.05, 0) is 37.3 Å². The third kappa shape index (κ3) is 3.02. The number of hydrogen-bond acceptors (Lipinski definition) is 4. The third-order valence-electron chi connectivity index (χ3n) is 4.88. The molecule has 0 bridgehead atoms. The number of nitrogens with one attached hydrogen (secondary N) is 1. The van der Waals surface area contributed by atoms with Crippen LogP contribution < -0.4 is 5.43 Å². The van der Waals surface area contributed by atoms with Crippen molar-refractivity contribution in [1.29, 1.82) is 0 Å². The highest BCUT2D eigenvalue weighted by Crippen LogP contribution is 2.47. The highest BCUT2D eigenvalue weighted by molar-refractivity contribution is 6.39. The van der Waals surface area contributed by atoms with E-state index >= 15 is 0 Å². The summed E-state index contributed by atoms with van der Waals surface area (Å²) < 4.78 is 5.94. The molecule has 1 aromatic heterocycles. The number of furan rings is 1. The van der Waals surface area contributed by atoms with E-state index in [1.165, 1.54) is 6.42 Å². The van der Waals surface area contributed by atoms with Crippen molar-refractivity contribution in [3.8, 4) is 0 Å². The molecule has 0 aromatic carbocycles. The van der Waals surface area contributed by atoms with Gasteiger partial charge in [0.1, 0.15) is 17.2 Å². The van der Waals surface area contributed by atoms with Crippen molar-refractivity contribution in [3.05, 3.63) is 23.7 Å². The van der Waals surface area contributed by atoms with Gasteiger partial charge >= 0.3 is 0 Å². The van der Waals surface area contributed by atoms with Crippen molar-refractivity contribution >= 4 is 17.5 Å². The summed E-state index contributed by atoms with van der Waals surface area (Å²) in [5.41, 5.74) is 2.84. The Bertz CT molecular complexity index is 674. The van der Waals surface area contributed by atoms with Gasteiger partial charge in [0, 0.05) is 24.8 Å². The number of carbonyl (C=O) groups is 2. The zero-order valence-corrected chi connectivity index (χ0v) is 13.2. The summed E-state index contributed by atoms with van der Waals surface area (Å²) in [5.74, 6) is 2.92. The topological polar surface area (TPSA) is 74.9 Å². The lowest BCUT2D eigenvalue weighted by molar-refractivity contribution is -0.126. The average molecular weight is 315 g/mol. The quantitative estimate of drug-likeness (QED) is 0.904. The molecule has 122 valence electrons. The second-order valence-corrected chi connectivity index (χ2v) is 6.88. The second kappa shape index (κ2) is 5.51. The molecule has 0 spiro atoms. The van der Waals surface area contributed by atoms with Crippen LogP contribution in [0.3, 0.4) is 0 Å². The number of amides is 2. The SMILES string of the molecule is C[C@@H]1C[C@H]1c1ccc(CN(C(=O)C2=NNC(=O)CC2)C2CC2)o1. The highest BCUT2D eigenvalue weighted by atomic mass is 16.3. The van der Waals surface area contributed by atoms with Crippen molar-refractivity contribution in [2.75, 3.05) is 0 Å². The van der Waals surface area contributed by atoms with Gasteiger partial charge in [-0.15, -0.1) is 0 Å². The van der Waals surface area contributed by atoms with E-state index in [4.69, 9.17) is 4.42 Å². The molecule has 1 aromatic rings. The van der Waals surface area contributed by atoms with Crippen LogP contribution in [0.25, 0.3) is 0 Å². The molecule has 6 nitrogen and oxygen atoms in total. The molecular weight excluding hydrogens is 294 g/mol. The predicted octanol–water partition coefficient (Wildman–Crippen LogP) is 2.16. The number of rotatable bonds is 5. The molecule has 1 N–H and O–H groups in total. The number of carbonyl (C=O) groups excluding carboxylic acids is 2. The predicted molar refractivity (Wildman–Crippen MR) is 83.6 cm³/mol. The van der Waals surface area contributed by atoms with Gasteiger partial charge in [0.05, 0.1) is 6.54 Å². The Hall–Kier alpha value is -2.11. The van der Waals surface area contributed by atoms with Gasteiger partial charge in [-0.25, -0.2) is 5.43 Å². The fraction of sp³-hybridized carbons (Fsp3) is 0.588. The molecule has 4 rings (SSSR count). The van der Waals surface area contributed by atoms with Gasteiger partial charge in [0.15, 0.2) is 0 Å². The molecule has 1 aliphatic heterocycles. The van der Waals surface area contributed by atoms with Crippen molar-refractivity contribution in [1.82, 2.24) is 10.3 Å². The lowest BCUT2D eigenvalue weighted by Gasteiger charge is -2.23. The smallest absolute Gasteiger partial charge is 0.270 e. The Morgan fingerprint density at radius 2 is 2.17 bits per heavy atom. The Morgan fingerprint density at radius 1 is 1.39 bits per heavy atom. The summed E-state index contributed by atoms with van der Waals surface area (Å²) in [6.07, 6.45) is 3.98. The zero-order valence-electron chi connectivity index (χ0n) is 13.2. The molecule has 0 saturated heterocycles. The Labute approximate surface area is 134 Å². The van der Waals surface area contributed by atoms with Crippen LogP contribution in [0.15, 0.2) is 21.7 Å². The minimum absolute atomic E-state index is 0.0785. The van der Waals surface area contributed by atoms with Crippen LogP contribution in [0.2, 0.25) is 0 Å². The van der Waals surface area contributed by atoms with E-state index in [1.54, 1.807) is 0 Å². The standard InChI is InChI=1S/C17H21N3O3/c1-10-8-13(10)15-6-4-12(23-15)9-20(11-2-3-11)17(22)14-5-7-16(21)19-18-14/h4,6,10-11,13H,2-3,5,7-9H2,1H3,(H,19,21)/t10-,13-/m1/s1. The van der Waals surface area contributed by atoms with Crippen molar-refractivity contribution < 1.29 is 14.0 Å². The van der Waals surface area contributed by atoms with Gasteiger partial charge in [-0.1, -0.05) is 6.92 Å². The van der Waals surface area contributed by atoms with Gasteiger partial charge in [0.25, 0.3) is 5.91 Å². The first-order valence-corrected chi connectivity index (χ1v) is 8.37. The molecule has 2 aliphatic carbocycles. The van der Waals surface area contributed by atoms with E-state index < -0.39 is 0 Å². The Kier molecular flexibility index (Phi) is 3.47. The van der Waals surface area contributed by atoms with E-state index in [2.05, 4.69) is 17.5 Å². The van der Waals surface area contributed by atoms with E-state index in [1.807, 2.05) is 17.0 Å². The molecule has 0 unspecified atom stereocenters. The first-order chi connectivity index (χ1) is 11.1. The first-order valence-electron chi connectivity index (χ1n) is 8.37. The van der Waals surface area contributed by atoms with Crippen molar-refractivity contribution in [3.63, 3.8) is 0 Å². The monoisotopic (exact) mass is 315 g/mol. The van der Waals surface area contributed by atoms with Crippen molar-refractivity contribution in [2.45, 2.75) is 57.5 Å². The third-order valence-corrected chi connectivity index (χ3v) is 4.88. The largest absolute Gasteiger partial charge is 0.464 e. The van der Waals surface area contributed by atoms with Crippen LogP contribution in [0.5, 0.6) is 0 Å². The average Bonchev–Trinajstić information content (AvgIpc) is 3.46. The summed E-state index contributed by atoms with van der Waals surface area (Å²) >= 11 is 0. The summed E-state index contributed by atoms with van der Waals surface area (Å²) in [5, 5.41) is 3.93. The number of hydrogen-bond donors (Lipinski definition) is 1. The fourth-order valence-corrected chi connectivity index (χ4v) is 3.11. The van der Waals surface area contributed by atoms with Crippen LogP contribution in [0.4, 0.5) is 0 Å². The summed E-state index contributed by atoms with van der Waals surface area (Å²) in [6, 6.07) is 4.29. The zero-order chi connectivity index (χ0) is 16.0. The Morgan fingerprint density at radius 3 is 2.78 bits per heavy atom. The molecule has 2 saturated carbocycles. The summed E-state index contributed by atoms with van der Waals surface area (Å²) in [6.45, 7) is 2.71. The van der Waals surface area contributed by atoms with E-state index in [-0.39, 0.29) is 17.9 Å². The maximum atomic E-state index is 12.7. The fourth-order valence-electron chi connectivity index (χ4n) is 3.11. The van der Waals surface area contributed by atoms with Crippen LogP contribution in [-0.4, -0.2) is 28.5 Å². The second-order valence-electron chi connectivity index (χ2n) is 6.88. The minimum Gasteiger partial charge on any atom is -0.464 e. The maximum absolute atomic E-state index is 12.7. The molecule has 23 heavy (non-hydrogen) atoms. The van der Waals surface area contributed by atoms with Crippen LogP contribution in [0.1, 0.15) is 56.5 Å². The lowest BCUT2D eigenvalue weighted by Crippen LogP contribution is -2.41. The number of hydrazone groups is 1. The maximum Gasteiger partial charge on any atom is 0.270 e. The number of nitrogens with zero attached hydrogens (tertiary/aromatic N) is 2. The van der Waals surface area contributed by atoms with Crippen LogP contribution in [0, 0.1) is 5.92 Å². The van der Waals surface area contributed by atoms with E-state index in [9.17, 15) is 9.59 Å². The lowest BCUT2D eigenvalue weighted by atomic mass is 10.1. The Balaban J connectivity index is 1.46. The van der Waals surface area contributed by atoms with Gasteiger partial charge < -0.3 is 9.32 Å². The highest BCUT2D eigenvalue weighted by Gasteiger charge is 2.38. The molecule has 6 heteroatoms. The van der Waals surface area contributed by atoms with Crippen LogP contribution >= 0.6 is 0 Å². The molecular formula is C17H21N3O3.